The number of sulfone groups is 1. The molecule has 0 amide bonds. The highest BCUT2D eigenvalue weighted by Crippen LogP contribution is 2.31. The topological polar surface area (TPSA) is 72.6 Å². The van der Waals surface area contributed by atoms with Gasteiger partial charge in [-0.25, -0.2) is 8.42 Å². The Bertz CT molecular complexity index is 499. The molecule has 1 aliphatic heterocycles. The fourth-order valence-corrected chi connectivity index (χ4v) is 3.11. The highest BCUT2D eigenvalue weighted by Gasteiger charge is 2.23. The summed E-state index contributed by atoms with van der Waals surface area (Å²) < 4.78 is 28.0. The summed E-state index contributed by atoms with van der Waals surface area (Å²) in [6.45, 7) is 0.976. The van der Waals surface area contributed by atoms with Crippen LogP contribution in [-0.4, -0.2) is 40.1 Å². The van der Waals surface area contributed by atoms with Gasteiger partial charge in [-0.3, -0.25) is 0 Å². The Labute approximate surface area is 101 Å². The smallest absolute Gasteiger partial charge is 0.153 e. The van der Waals surface area contributed by atoms with Crippen molar-refractivity contribution in [2.45, 2.75) is 0 Å². The predicted molar refractivity (Wildman–Crippen MR) is 68.3 cm³/mol. The van der Waals surface area contributed by atoms with Crippen molar-refractivity contribution in [1.82, 2.24) is 0 Å². The highest BCUT2D eigenvalue weighted by atomic mass is 32.2. The quantitative estimate of drug-likeness (QED) is 0.781. The number of benzene rings is 1. The number of hydrogen-bond donors (Lipinski definition) is 1. The minimum atomic E-state index is -2.87. The summed E-state index contributed by atoms with van der Waals surface area (Å²) in [5.74, 6) is 1.09. The van der Waals surface area contributed by atoms with Crippen molar-refractivity contribution in [1.29, 1.82) is 0 Å². The molecule has 1 saturated heterocycles. The number of methoxy groups -OCH3 is 1. The van der Waals surface area contributed by atoms with Gasteiger partial charge in [0, 0.05) is 18.8 Å². The highest BCUT2D eigenvalue weighted by molar-refractivity contribution is 7.91. The molecule has 94 valence electrons. The molecule has 0 atom stereocenters. The third-order valence-electron chi connectivity index (χ3n) is 2.89. The number of nitrogens with two attached hydrogens (primary N) is 1. The molecule has 5 nitrogen and oxygen atoms in total. The van der Waals surface area contributed by atoms with Gasteiger partial charge in [0.2, 0.25) is 0 Å². The number of anilines is 2. The molecule has 0 unspecified atom stereocenters. The minimum absolute atomic E-state index is 0.185. The summed E-state index contributed by atoms with van der Waals surface area (Å²) in [6, 6.07) is 5.38. The molecule has 1 aliphatic rings. The first-order valence-corrected chi connectivity index (χ1v) is 7.23. The third-order valence-corrected chi connectivity index (χ3v) is 4.50. The van der Waals surface area contributed by atoms with Crippen LogP contribution in [0.2, 0.25) is 0 Å². The lowest BCUT2D eigenvalue weighted by Crippen LogP contribution is -2.40. The van der Waals surface area contributed by atoms with Gasteiger partial charge in [-0.2, -0.15) is 0 Å². The van der Waals surface area contributed by atoms with E-state index in [1.165, 1.54) is 0 Å². The van der Waals surface area contributed by atoms with Crippen molar-refractivity contribution < 1.29 is 13.2 Å². The normalized spacial score (nSPS) is 19.0. The predicted octanol–water partition coefficient (Wildman–Crippen LogP) is 0.512. The third kappa shape index (κ3) is 2.63. The zero-order valence-corrected chi connectivity index (χ0v) is 10.5. The fraction of sp³-hybridized carbons (Fsp3) is 0.455. The van der Waals surface area contributed by atoms with Gasteiger partial charge < -0.3 is 15.4 Å². The van der Waals surface area contributed by atoms with E-state index in [0.717, 1.165) is 11.4 Å². The Balaban J connectivity index is 2.26. The molecule has 0 radical (unpaired) electrons. The number of hydrogen-bond acceptors (Lipinski definition) is 5. The molecule has 0 aromatic heterocycles. The van der Waals surface area contributed by atoms with E-state index < -0.39 is 9.84 Å². The maximum Gasteiger partial charge on any atom is 0.153 e. The molecule has 0 aliphatic carbocycles. The molecule has 0 saturated carbocycles. The largest absolute Gasteiger partial charge is 0.495 e. The molecule has 0 bridgehead atoms. The van der Waals surface area contributed by atoms with Gasteiger partial charge in [0.25, 0.3) is 0 Å². The van der Waals surface area contributed by atoms with Crippen LogP contribution in [0.15, 0.2) is 18.2 Å². The zero-order chi connectivity index (χ0) is 12.5. The molecule has 1 aromatic rings. The van der Waals surface area contributed by atoms with Crippen molar-refractivity contribution in [3.05, 3.63) is 18.2 Å². The maximum atomic E-state index is 11.4. The van der Waals surface area contributed by atoms with Crippen molar-refractivity contribution in [2.75, 3.05) is 42.3 Å². The molecule has 1 aromatic carbocycles. The fourth-order valence-electron chi connectivity index (χ4n) is 1.91. The van der Waals surface area contributed by atoms with Crippen LogP contribution < -0.4 is 15.4 Å². The average Bonchev–Trinajstić information content (AvgIpc) is 2.29. The lowest BCUT2D eigenvalue weighted by atomic mass is 10.2. The monoisotopic (exact) mass is 256 g/mol. The van der Waals surface area contributed by atoms with Crippen LogP contribution in [0.25, 0.3) is 0 Å². The van der Waals surface area contributed by atoms with Gasteiger partial charge in [-0.1, -0.05) is 0 Å². The molecule has 2 N–H and O–H groups in total. The molecule has 1 heterocycles. The standard InChI is InChI=1S/C11H16N2O3S/c1-16-11-3-2-9(12)8-10(11)13-4-6-17(14,15)7-5-13/h2-3,8H,4-7,12H2,1H3. The van der Waals surface area contributed by atoms with E-state index in [1.54, 1.807) is 19.2 Å². The van der Waals surface area contributed by atoms with E-state index in [0.29, 0.717) is 18.8 Å². The van der Waals surface area contributed by atoms with Crippen LogP contribution in [-0.2, 0) is 9.84 Å². The summed E-state index contributed by atoms with van der Waals surface area (Å²) in [5.41, 5.74) is 7.25. The van der Waals surface area contributed by atoms with Gasteiger partial charge >= 0.3 is 0 Å². The Morgan fingerprint density at radius 3 is 2.53 bits per heavy atom. The van der Waals surface area contributed by atoms with E-state index in [4.69, 9.17) is 10.5 Å². The second-order valence-corrected chi connectivity index (χ2v) is 6.37. The Morgan fingerprint density at radius 2 is 1.94 bits per heavy atom. The minimum Gasteiger partial charge on any atom is -0.495 e. The number of nitrogens with zero attached hydrogens (tertiary/aromatic N) is 1. The second-order valence-electron chi connectivity index (χ2n) is 4.07. The van der Waals surface area contributed by atoms with Crippen molar-refractivity contribution in [3.63, 3.8) is 0 Å². The molecular formula is C11H16N2O3S. The first-order valence-electron chi connectivity index (χ1n) is 5.41. The maximum absolute atomic E-state index is 11.4. The Kier molecular flexibility index (Phi) is 3.15. The van der Waals surface area contributed by atoms with Crippen molar-refractivity contribution in [3.8, 4) is 5.75 Å². The second kappa shape index (κ2) is 4.44. The lowest BCUT2D eigenvalue weighted by molar-refractivity contribution is 0.414. The van der Waals surface area contributed by atoms with Crippen LogP contribution in [0.3, 0.4) is 0 Å². The van der Waals surface area contributed by atoms with E-state index in [2.05, 4.69) is 0 Å². The van der Waals surface area contributed by atoms with Crippen LogP contribution in [0.1, 0.15) is 0 Å². The van der Waals surface area contributed by atoms with E-state index in [-0.39, 0.29) is 11.5 Å². The molecule has 1 fully saturated rings. The summed E-state index contributed by atoms with van der Waals surface area (Å²) in [4.78, 5) is 2.00. The molecule has 0 spiro atoms. The van der Waals surface area contributed by atoms with Crippen LogP contribution in [0.4, 0.5) is 11.4 Å². The Hall–Kier alpha value is -1.43. The van der Waals surface area contributed by atoms with E-state index >= 15 is 0 Å². The summed E-state index contributed by atoms with van der Waals surface area (Å²) in [6.07, 6.45) is 0. The number of rotatable bonds is 2. The van der Waals surface area contributed by atoms with Crippen LogP contribution in [0.5, 0.6) is 5.75 Å². The van der Waals surface area contributed by atoms with Gasteiger partial charge in [0.1, 0.15) is 5.75 Å². The zero-order valence-electron chi connectivity index (χ0n) is 9.72. The van der Waals surface area contributed by atoms with Crippen LogP contribution in [0, 0.1) is 0 Å². The van der Waals surface area contributed by atoms with E-state index in [1.807, 2.05) is 11.0 Å². The van der Waals surface area contributed by atoms with Gasteiger partial charge in [-0.05, 0) is 18.2 Å². The Morgan fingerprint density at radius 1 is 1.29 bits per heavy atom. The molecular weight excluding hydrogens is 240 g/mol. The van der Waals surface area contributed by atoms with Gasteiger partial charge in [0.15, 0.2) is 9.84 Å². The summed E-state index contributed by atoms with van der Waals surface area (Å²) in [7, 11) is -1.27. The molecule has 17 heavy (non-hydrogen) atoms. The van der Waals surface area contributed by atoms with E-state index in [9.17, 15) is 8.42 Å². The van der Waals surface area contributed by atoms with Crippen molar-refractivity contribution >= 4 is 21.2 Å². The first kappa shape index (κ1) is 12.0. The summed E-state index contributed by atoms with van der Waals surface area (Å²) in [5, 5.41) is 0. The SMILES string of the molecule is COc1ccc(N)cc1N1CCS(=O)(=O)CC1. The van der Waals surface area contributed by atoms with Gasteiger partial charge in [0.05, 0.1) is 24.3 Å². The van der Waals surface area contributed by atoms with Gasteiger partial charge in [-0.15, -0.1) is 0 Å². The van der Waals surface area contributed by atoms with Crippen LogP contribution >= 0.6 is 0 Å². The number of nitrogen functional groups attached to an aromatic ring is 1. The average molecular weight is 256 g/mol. The first-order chi connectivity index (χ1) is 8.02. The summed E-state index contributed by atoms with van der Waals surface area (Å²) >= 11 is 0. The van der Waals surface area contributed by atoms with Crippen molar-refractivity contribution in [2.24, 2.45) is 0 Å². The molecule has 2 rings (SSSR count). The lowest BCUT2D eigenvalue weighted by Gasteiger charge is -2.30. The number of ether oxygens (including phenoxy) is 1. The molecule has 6 heteroatoms.